The summed E-state index contributed by atoms with van der Waals surface area (Å²) in [6.45, 7) is -0.576. The number of hydrogen-bond acceptors (Lipinski definition) is 4. The highest BCUT2D eigenvalue weighted by Gasteiger charge is 2.37. The van der Waals surface area contributed by atoms with E-state index in [4.69, 9.17) is 0 Å². The van der Waals surface area contributed by atoms with Crippen molar-refractivity contribution in [3.63, 3.8) is 0 Å². The maximum atomic E-state index is 14.4. The Labute approximate surface area is 178 Å². The molecule has 5 rings (SSSR count). The average Bonchev–Trinajstić information content (AvgIpc) is 3.47. The summed E-state index contributed by atoms with van der Waals surface area (Å²) in [6, 6.07) is 5.65. The number of halogens is 5. The number of nitrogens with one attached hydrogen (secondary N) is 1. The summed E-state index contributed by atoms with van der Waals surface area (Å²) in [4.78, 5) is 5.88. The van der Waals surface area contributed by atoms with Gasteiger partial charge >= 0.3 is 0 Å². The van der Waals surface area contributed by atoms with Crippen molar-refractivity contribution >= 4 is 16.9 Å². The van der Waals surface area contributed by atoms with Crippen molar-refractivity contribution in [2.75, 3.05) is 11.4 Å². The molecule has 166 valence electrons. The smallest absolute Gasteiger partial charge is 0.257 e. The van der Waals surface area contributed by atoms with Crippen molar-refractivity contribution in [2.24, 2.45) is 0 Å². The Hall–Kier alpha value is -3.50. The molecule has 32 heavy (non-hydrogen) atoms. The SMILES string of the molecule is Fc1ccc(F)c([C@H]2C[C@H](F)CN2c2n[nH]c3ncc(-c4ccn(CC(F)F)n4)cc23)c1. The third-order valence-electron chi connectivity index (χ3n) is 5.50. The third kappa shape index (κ3) is 3.67. The second-order valence-electron chi connectivity index (χ2n) is 7.65. The molecule has 6 nitrogen and oxygen atoms in total. The van der Waals surface area contributed by atoms with Crippen molar-refractivity contribution in [3.8, 4) is 11.3 Å². The molecule has 1 aliphatic rings. The minimum atomic E-state index is -2.53. The lowest BCUT2D eigenvalue weighted by atomic mass is 10.0. The predicted octanol–water partition coefficient (Wildman–Crippen LogP) is 4.65. The van der Waals surface area contributed by atoms with Crippen LogP contribution in [0.25, 0.3) is 22.3 Å². The van der Waals surface area contributed by atoms with Crippen LogP contribution in [-0.2, 0) is 6.54 Å². The molecule has 4 heterocycles. The first-order valence-corrected chi connectivity index (χ1v) is 9.91. The summed E-state index contributed by atoms with van der Waals surface area (Å²) in [7, 11) is 0. The van der Waals surface area contributed by atoms with Crippen LogP contribution in [0, 0.1) is 11.6 Å². The number of aromatic nitrogens is 5. The summed E-state index contributed by atoms with van der Waals surface area (Å²) < 4.78 is 69.0. The number of nitrogens with zero attached hydrogens (tertiary/aromatic N) is 5. The summed E-state index contributed by atoms with van der Waals surface area (Å²) in [5.41, 5.74) is 1.45. The van der Waals surface area contributed by atoms with Gasteiger partial charge in [0.2, 0.25) is 0 Å². The van der Waals surface area contributed by atoms with Crippen molar-refractivity contribution in [1.29, 1.82) is 0 Å². The molecule has 1 saturated heterocycles. The molecule has 4 aromatic rings. The fraction of sp³-hybridized carbons (Fsp3) is 0.286. The maximum Gasteiger partial charge on any atom is 0.257 e. The third-order valence-corrected chi connectivity index (χ3v) is 5.50. The van der Waals surface area contributed by atoms with Gasteiger partial charge in [0.15, 0.2) is 11.5 Å². The first-order chi connectivity index (χ1) is 15.4. The fourth-order valence-corrected chi connectivity index (χ4v) is 4.09. The molecule has 0 saturated carbocycles. The molecule has 1 fully saturated rings. The summed E-state index contributed by atoms with van der Waals surface area (Å²) >= 11 is 0. The van der Waals surface area contributed by atoms with Crippen LogP contribution in [0.4, 0.5) is 27.8 Å². The van der Waals surface area contributed by atoms with Gasteiger partial charge < -0.3 is 4.90 Å². The molecule has 1 N–H and O–H groups in total. The van der Waals surface area contributed by atoms with Crippen molar-refractivity contribution in [2.45, 2.75) is 31.6 Å². The Balaban J connectivity index is 1.54. The Kier molecular flexibility index (Phi) is 5.03. The van der Waals surface area contributed by atoms with E-state index in [-0.39, 0.29) is 18.5 Å². The van der Waals surface area contributed by atoms with E-state index < -0.39 is 36.8 Å². The van der Waals surface area contributed by atoms with Crippen molar-refractivity contribution in [3.05, 3.63) is 59.9 Å². The molecule has 0 unspecified atom stereocenters. The molecular formula is C21H17F5N6. The van der Waals surface area contributed by atoms with Crippen LogP contribution >= 0.6 is 0 Å². The van der Waals surface area contributed by atoms with E-state index in [0.29, 0.717) is 28.1 Å². The van der Waals surface area contributed by atoms with Gasteiger partial charge in [0.25, 0.3) is 6.43 Å². The molecule has 1 aliphatic heterocycles. The second-order valence-corrected chi connectivity index (χ2v) is 7.65. The topological polar surface area (TPSA) is 62.6 Å². The predicted molar refractivity (Wildman–Crippen MR) is 107 cm³/mol. The first kappa shape index (κ1) is 20.4. The molecular weight excluding hydrogens is 431 g/mol. The Morgan fingerprint density at radius 3 is 2.81 bits per heavy atom. The number of H-pyrrole nitrogens is 1. The molecule has 11 heteroatoms. The molecule has 0 bridgehead atoms. The van der Waals surface area contributed by atoms with Crippen LogP contribution in [-0.4, -0.2) is 44.1 Å². The maximum absolute atomic E-state index is 14.4. The molecule has 0 radical (unpaired) electrons. The fourth-order valence-electron chi connectivity index (χ4n) is 4.09. The lowest BCUT2D eigenvalue weighted by molar-refractivity contribution is 0.122. The number of hydrogen-bond donors (Lipinski definition) is 1. The zero-order valence-electron chi connectivity index (χ0n) is 16.5. The van der Waals surface area contributed by atoms with Gasteiger partial charge in [-0.3, -0.25) is 9.78 Å². The molecule has 3 aromatic heterocycles. The minimum Gasteiger partial charge on any atom is -0.344 e. The largest absolute Gasteiger partial charge is 0.344 e. The number of pyridine rings is 1. The summed E-state index contributed by atoms with van der Waals surface area (Å²) in [5.74, 6) is -0.896. The number of benzene rings is 1. The zero-order chi connectivity index (χ0) is 22.4. The number of rotatable bonds is 5. The Morgan fingerprint density at radius 1 is 1.16 bits per heavy atom. The average molecular weight is 448 g/mol. The highest BCUT2D eigenvalue weighted by Crippen LogP contribution is 2.40. The molecule has 0 spiro atoms. The van der Waals surface area contributed by atoms with E-state index in [1.54, 1.807) is 17.0 Å². The van der Waals surface area contributed by atoms with Crippen LogP contribution in [0.5, 0.6) is 0 Å². The monoisotopic (exact) mass is 448 g/mol. The van der Waals surface area contributed by atoms with Crippen molar-refractivity contribution in [1.82, 2.24) is 25.0 Å². The van der Waals surface area contributed by atoms with E-state index in [9.17, 15) is 22.0 Å². The second kappa shape index (κ2) is 7.88. The number of fused-ring (bicyclic) bond motifs is 1. The molecule has 0 amide bonds. The standard InChI is InChI=1S/C21H17F5N6/c22-12-1-2-16(24)14(6-12)18-7-13(23)9-32(18)21-15-5-11(8-27-20(15)28-29-21)17-3-4-31(30-17)10-19(25)26/h1-6,8,13,18-19H,7,9-10H2,(H,27,28,29)/t13-,18+/m0/s1. The van der Waals surface area contributed by atoms with Gasteiger partial charge in [0.05, 0.1) is 23.7 Å². The van der Waals surface area contributed by atoms with Crippen LogP contribution in [0.15, 0.2) is 42.7 Å². The van der Waals surface area contributed by atoms with E-state index >= 15 is 0 Å². The summed E-state index contributed by atoms with van der Waals surface area (Å²) in [6.07, 6.45) is -0.840. The van der Waals surface area contributed by atoms with Gasteiger partial charge in [0, 0.05) is 29.9 Å². The van der Waals surface area contributed by atoms with Gasteiger partial charge in [-0.05, 0) is 30.3 Å². The number of aromatic amines is 1. The normalized spacial score (nSPS) is 18.9. The zero-order valence-corrected chi connectivity index (χ0v) is 16.5. The van der Waals surface area contributed by atoms with Gasteiger partial charge in [-0.1, -0.05) is 0 Å². The highest BCUT2D eigenvalue weighted by molar-refractivity contribution is 5.90. The Morgan fingerprint density at radius 2 is 2.00 bits per heavy atom. The van der Waals surface area contributed by atoms with Crippen LogP contribution in [0.1, 0.15) is 18.0 Å². The van der Waals surface area contributed by atoms with Crippen LogP contribution in [0.2, 0.25) is 0 Å². The van der Waals surface area contributed by atoms with Gasteiger partial charge in [-0.15, -0.1) is 0 Å². The molecule has 0 aliphatic carbocycles. The lowest BCUT2D eigenvalue weighted by Crippen LogP contribution is -2.25. The van der Waals surface area contributed by atoms with E-state index in [1.807, 2.05) is 0 Å². The van der Waals surface area contributed by atoms with Gasteiger partial charge in [-0.25, -0.2) is 26.9 Å². The van der Waals surface area contributed by atoms with E-state index in [0.717, 1.165) is 22.9 Å². The number of anilines is 1. The van der Waals surface area contributed by atoms with Gasteiger partial charge in [-0.2, -0.15) is 10.2 Å². The van der Waals surface area contributed by atoms with Gasteiger partial charge in [0.1, 0.15) is 24.4 Å². The van der Waals surface area contributed by atoms with E-state index in [2.05, 4.69) is 20.3 Å². The molecule has 1 aromatic carbocycles. The molecule has 2 atom stereocenters. The first-order valence-electron chi connectivity index (χ1n) is 9.91. The van der Waals surface area contributed by atoms with Crippen LogP contribution in [0.3, 0.4) is 0 Å². The Bertz CT molecular complexity index is 1270. The quantitative estimate of drug-likeness (QED) is 0.452. The van der Waals surface area contributed by atoms with E-state index in [1.165, 1.54) is 12.4 Å². The minimum absolute atomic E-state index is 0.0140. The summed E-state index contributed by atoms with van der Waals surface area (Å²) in [5, 5.41) is 11.7. The highest BCUT2D eigenvalue weighted by atomic mass is 19.3. The number of alkyl halides is 3. The van der Waals surface area contributed by atoms with Crippen LogP contribution < -0.4 is 4.90 Å². The lowest BCUT2D eigenvalue weighted by Gasteiger charge is -2.25. The van der Waals surface area contributed by atoms with Crippen molar-refractivity contribution < 1.29 is 22.0 Å².